The molecule has 0 aliphatic carbocycles. The summed E-state index contributed by atoms with van der Waals surface area (Å²) >= 11 is 0. The first kappa shape index (κ1) is 26.0. The van der Waals surface area contributed by atoms with Gasteiger partial charge in [0.15, 0.2) is 18.2 Å². The van der Waals surface area contributed by atoms with Gasteiger partial charge in [-0.25, -0.2) is 4.98 Å². The lowest BCUT2D eigenvalue weighted by atomic mass is 9.96. The molecule has 10 nitrogen and oxygen atoms in total. The molecule has 0 bridgehead atoms. The van der Waals surface area contributed by atoms with Crippen molar-refractivity contribution in [1.82, 2.24) is 9.66 Å². The number of ether oxygens (including phenoxy) is 2. The average Bonchev–Trinajstić information content (AvgIpc) is 2.91. The Morgan fingerprint density at radius 2 is 1.95 bits per heavy atom. The van der Waals surface area contributed by atoms with Crippen LogP contribution in [0, 0.1) is 28.4 Å². The molecule has 4 rings (SSSR count). The van der Waals surface area contributed by atoms with E-state index in [4.69, 9.17) is 19.7 Å². The van der Waals surface area contributed by atoms with Crippen molar-refractivity contribution < 1.29 is 14.4 Å². The Kier molecular flexibility index (Phi) is 7.48. The van der Waals surface area contributed by atoms with Crippen LogP contribution in [-0.2, 0) is 0 Å². The second kappa shape index (κ2) is 10.9. The molecule has 1 aromatic heterocycles. The Balaban J connectivity index is 1.92. The third-order valence-electron chi connectivity index (χ3n) is 5.99. The summed E-state index contributed by atoms with van der Waals surface area (Å²) in [7, 11) is 1.62. The number of aromatic nitrogens is 2. The van der Waals surface area contributed by atoms with Crippen LogP contribution >= 0.6 is 0 Å². The van der Waals surface area contributed by atoms with Crippen LogP contribution in [0.2, 0.25) is 0 Å². The van der Waals surface area contributed by atoms with Crippen LogP contribution in [0.5, 0.6) is 11.5 Å². The van der Waals surface area contributed by atoms with E-state index in [0.29, 0.717) is 27.9 Å². The number of nitro groups is 1. The van der Waals surface area contributed by atoms with Crippen molar-refractivity contribution in [2.24, 2.45) is 5.10 Å². The normalized spacial score (nSPS) is 11.2. The van der Waals surface area contributed by atoms with Gasteiger partial charge in [-0.1, -0.05) is 26.0 Å². The number of aryl methyl sites for hydroxylation is 1. The summed E-state index contributed by atoms with van der Waals surface area (Å²) in [6.45, 7) is 5.68. The van der Waals surface area contributed by atoms with Gasteiger partial charge in [-0.3, -0.25) is 14.9 Å². The van der Waals surface area contributed by atoms with E-state index < -0.39 is 4.92 Å². The fourth-order valence-electron chi connectivity index (χ4n) is 4.09. The fourth-order valence-corrected chi connectivity index (χ4v) is 4.09. The van der Waals surface area contributed by atoms with Crippen LogP contribution in [0.1, 0.15) is 36.5 Å². The van der Waals surface area contributed by atoms with Crippen molar-refractivity contribution in [3.8, 4) is 29.0 Å². The van der Waals surface area contributed by atoms with E-state index in [1.165, 1.54) is 23.0 Å². The van der Waals surface area contributed by atoms with Gasteiger partial charge in [-0.15, -0.1) is 0 Å². The monoisotopic (exact) mass is 511 g/mol. The van der Waals surface area contributed by atoms with Crippen LogP contribution in [0.3, 0.4) is 0 Å². The minimum atomic E-state index is -0.604. The molecule has 0 saturated carbocycles. The van der Waals surface area contributed by atoms with E-state index in [9.17, 15) is 14.9 Å². The number of nitro benzene ring substituents is 1. The summed E-state index contributed by atoms with van der Waals surface area (Å²) in [5, 5.41) is 25.1. The molecule has 10 heteroatoms. The van der Waals surface area contributed by atoms with Gasteiger partial charge in [0, 0.05) is 17.2 Å². The van der Waals surface area contributed by atoms with Crippen molar-refractivity contribution in [2.75, 3.05) is 13.7 Å². The highest BCUT2D eigenvalue weighted by atomic mass is 16.6. The van der Waals surface area contributed by atoms with Crippen molar-refractivity contribution in [1.29, 1.82) is 5.26 Å². The van der Waals surface area contributed by atoms with Crippen LogP contribution in [0.25, 0.3) is 22.3 Å². The van der Waals surface area contributed by atoms with Crippen molar-refractivity contribution >= 4 is 22.8 Å². The van der Waals surface area contributed by atoms with Crippen LogP contribution in [-0.4, -0.2) is 34.5 Å². The summed E-state index contributed by atoms with van der Waals surface area (Å²) in [5.74, 6) is 1.19. The van der Waals surface area contributed by atoms with E-state index >= 15 is 0 Å². The van der Waals surface area contributed by atoms with Crippen LogP contribution in [0.15, 0.2) is 64.5 Å². The van der Waals surface area contributed by atoms with Gasteiger partial charge in [0.05, 0.1) is 29.2 Å². The Morgan fingerprint density at radius 1 is 1.18 bits per heavy atom. The van der Waals surface area contributed by atoms with Gasteiger partial charge in [-0.2, -0.15) is 15.0 Å². The number of nitrogens with zero attached hydrogens (tertiary/aromatic N) is 5. The van der Waals surface area contributed by atoms with E-state index in [1.54, 1.807) is 37.4 Å². The molecule has 4 aromatic rings. The standard InChI is InChI=1S/C28H25N5O5/c1-17(2)21-15-22(18(3)13-26(21)37-4)27-31-23-8-6-5-7-20(23)28(34)32(27)30-16-19-9-10-25(38-12-11-29)24(14-19)33(35)36/h5-10,13-17H,12H2,1-4H3. The number of nitriles is 1. The van der Waals surface area contributed by atoms with Crippen LogP contribution in [0.4, 0.5) is 5.69 Å². The summed E-state index contributed by atoms with van der Waals surface area (Å²) in [6, 6.07) is 16.8. The SMILES string of the molecule is COc1cc(C)c(-c2nc3ccccc3c(=O)n2N=Cc2ccc(OCC#N)c([N+](=O)[O-])c2)cc1C(C)C. The highest BCUT2D eigenvalue weighted by molar-refractivity contribution is 5.83. The molecule has 0 spiro atoms. The van der Waals surface area contributed by atoms with Gasteiger partial charge in [0.25, 0.3) is 5.56 Å². The minimum Gasteiger partial charge on any atom is -0.496 e. The number of methoxy groups -OCH3 is 1. The Bertz CT molecular complexity index is 1670. The molecule has 0 radical (unpaired) electrons. The molecule has 0 amide bonds. The molecule has 3 aromatic carbocycles. The van der Waals surface area contributed by atoms with Crippen molar-refractivity contribution in [2.45, 2.75) is 26.7 Å². The average molecular weight is 512 g/mol. The minimum absolute atomic E-state index is 0.0333. The second-order valence-corrected chi connectivity index (χ2v) is 8.81. The third-order valence-corrected chi connectivity index (χ3v) is 5.99. The molecular weight excluding hydrogens is 486 g/mol. The lowest BCUT2D eigenvalue weighted by molar-refractivity contribution is -0.385. The smallest absolute Gasteiger partial charge is 0.311 e. The molecular formula is C28H25N5O5. The van der Waals surface area contributed by atoms with Crippen molar-refractivity contribution in [3.63, 3.8) is 0 Å². The zero-order chi connectivity index (χ0) is 27.4. The number of hydrogen-bond donors (Lipinski definition) is 0. The third kappa shape index (κ3) is 5.08. The largest absolute Gasteiger partial charge is 0.496 e. The number of hydrogen-bond acceptors (Lipinski definition) is 8. The van der Waals surface area contributed by atoms with E-state index in [1.807, 2.05) is 39.0 Å². The number of rotatable bonds is 8. The quantitative estimate of drug-likeness (QED) is 0.180. The number of fused-ring (bicyclic) bond motifs is 1. The Labute approximate surface area is 218 Å². The maximum atomic E-state index is 13.6. The number of para-hydroxylation sites is 1. The molecule has 192 valence electrons. The first-order valence-electron chi connectivity index (χ1n) is 11.8. The summed E-state index contributed by atoms with van der Waals surface area (Å²) < 4.78 is 11.9. The molecule has 0 atom stereocenters. The van der Waals surface area contributed by atoms with Gasteiger partial charge in [0.1, 0.15) is 11.8 Å². The first-order valence-corrected chi connectivity index (χ1v) is 11.8. The maximum absolute atomic E-state index is 13.6. The van der Waals surface area contributed by atoms with Crippen LogP contribution < -0.4 is 15.0 Å². The van der Waals surface area contributed by atoms with E-state index in [0.717, 1.165) is 16.9 Å². The van der Waals surface area contributed by atoms with Gasteiger partial charge < -0.3 is 9.47 Å². The Hall–Kier alpha value is -5.04. The molecule has 38 heavy (non-hydrogen) atoms. The predicted molar refractivity (Wildman–Crippen MR) is 144 cm³/mol. The summed E-state index contributed by atoms with van der Waals surface area (Å²) in [4.78, 5) is 29.3. The predicted octanol–water partition coefficient (Wildman–Crippen LogP) is 5.20. The number of benzene rings is 3. The second-order valence-electron chi connectivity index (χ2n) is 8.81. The molecule has 0 fully saturated rings. The van der Waals surface area contributed by atoms with E-state index in [-0.39, 0.29) is 29.5 Å². The van der Waals surface area contributed by atoms with Gasteiger partial charge >= 0.3 is 5.69 Å². The zero-order valence-electron chi connectivity index (χ0n) is 21.3. The lowest BCUT2D eigenvalue weighted by Crippen LogP contribution is -2.20. The summed E-state index contributed by atoms with van der Waals surface area (Å²) in [6.07, 6.45) is 1.35. The van der Waals surface area contributed by atoms with Gasteiger partial charge in [-0.05, 0) is 60.4 Å². The fraction of sp³-hybridized carbons (Fsp3) is 0.214. The highest BCUT2D eigenvalue weighted by Crippen LogP contribution is 2.34. The van der Waals surface area contributed by atoms with Crippen molar-refractivity contribution in [3.05, 3.63) is 91.8 Å². The first-order chi connectivity index (χ1) is 18.2. The molecule has 0 aliphatic heterocycles. The molecule has 0 saturated heterocycles. The summed E-state index contributed by atoms with van der Waals surface area (Å²) in [5.41, 5.74) is 2.69. The Morgan fingerprint density at radius 3 is 2.63 bits per heavy atom. The molecule has 0 aliphatic rings. The molecule has 0 N–H and O–H groups in total. The maximum Gasteiger partial charge on any atom is 0.311 e. The topological polar surface area (TPSA) is 133 Å². The van der Waals surface area contributed by atoms with E-state index in [2.05, 4.69) is 5.10 Å². The molecule has 0 unspecified atom stereocenters. The zero-order valence-corrected chi connectivity index (χ0v) is 21.3. The highest BCUT2D eigenvalue weighted by Gasteiger charge is 2.19. The van der Waals surface area contributed by atoms with Gasteiger partial charge in [0.2, 0.25) is 0 Å². The lowest BCUT2D eigenvalue weighted by Gasteiger charge is -2.17. The molecule has 1 heterocycles.